The Bertz CT molecular complexity index is 515. The summed E-state index contributed by atoms with van der Waals surface area (Å²) in [6.45, 7) is 3.07. The molecule has 1 saturated carbocycles. The SMILES string of the molecule is CCc1cc(CNC2CC2)cc(-n2ccnc2)n1. The number of nitrogens with one attached hydrogen (secondary N) is 1. The molecule has 4 heteroatoms. The van der Waals surface area contributed by atoms with Crippen LogP contribution in [0.2, 0.25) is 0 Å². The van der Waals surface area contributed by atoms with Crippen LogP contribution in [0.4, 0.5) is 0 Å². The Kier molecular flexibility index (Phi) is 3.11. The van der Waals surface area contributed by atoms with E-state index in [2.05, 4.69) is 34.3 Å². The van der Waals surface area contributed by atoms with Crippen molar-refractivity contribution in [3.05, 3.63) is 42.1 Å². The van der Waals surface area contributed by atoms with Crippen LogP contribution < -0.4 is 5.32 Å². The van der Waals surface area contributed by atoms with E-state index in [0.29, 0.717) is 0 Å². The maximum Gasteiger partial charge on any atom is 0.138 e. The summed E-state index contributed by atoms with van der Waals surface area (Å²) in [5.41, 5.74) is 2.44. The first-order chi connectivity index (χ1) is 8.85. The van der Waals surface area contributed by atoms with E-state index in [1.54, 1.807) is 12.5 Å². The van der Waals surface area contributed by atoms with Gasteiger partial charge < -0.3 is 5.32 Å². The summed E-state index contributed by atoms with van der Waals surface area (Å²) in [4.78, 5) is 8.71. The zero-order chi connectivity index (χ0) is 12.4. The Morgan fingerprint density at radius 2 is 2.28 bits per heavy atom. The predicted molar refractivity (Wildman–Crippen MR) is 70.6 cm³/mol. The summed E-state index contributed by atoms with van der Waals surface area (Å²) in [5, 5.41) is 3.54. The molecule has 1 fully saturated rings. The van der Waals surface area contributed by atoms with Crippen molar-refractivity contribution in [3.63, 3.8) is 0 Å². The van der Waals surface area contributed by atoms with E-state index in [1.807, 2.05) is 10.8 Å². The number of hydrogen-bond donors (Lipinski definition) is 1. The van der Waals surface area contributed by atoms with Crippen LogP contribution in [-0.2, 0) is 13.0 Å². The normalized spacial score (nSPS) is 14.9. The Morgan fingerprint density at radius 3 is 2.94 bits per heavy atom. The molecule has 94 valence electrons. The van der Waals surface area contributed by atoms with Crippen LogP contribution >= 0.6 is 0 Å². The lowest BCUT2D eigenvalue weighted by molar-refractivity contribution is 0.685. The summed E-state index contributed by atoms with van der Waals surface area (Å²) in [7, 11) is 0. The molecule has 18 heavy (non-hydrogen) atoms. The first-order valence-corrected chi connectivity index (χ1v) is 6.56. The summed E-state index contributed by atoms with van der Waals surface area (Å²) in [6, 6.07) is 5.06. The van der Waals surface area contributed by atoms with Crippen LogP contribution in [0.25, 0.3) is 5.82 Å². The molecular formula is C14H18N4. The standard InChI is InChI=1S/C14H18N4/c1-2-12-7-11(9-16-13-3-4-13)8-14(17-12)18-6-5-15-10-18/h5-8,10,13,16H,2-4,9H2,1H3. The van der Waals surface area contributed by atoms with E-state index < -0.39 is 0 Å². The lowest BCUT2D eigenvalue weighted by Gasteiger charge is -2.09. The van der Waals surface area contributed by atoms with Crippen molar-refractivity contribution >= 4 is 0 Å². The summed E-state index contributed by atoms with van der Waals surface area (Å²) in [5.74, 6) is 0.958. The smallest absolute Gasteiger partial charge is 0.138 e. The predicted octanol–water partition coefficient (Wildman–Crippen LogP) is 2.08. The molecule has 3 rings (SSSR count). The van der Waals surface area contributed by atoms with Gasteiger partial charge in [0.05, 0.1) is 0 Å². The van der Waals surface area contributed by atoms with Crippen molar-refractivity contribution in [1.82, 2.24) is 19.9 Å². The number of rotatable bonds is 5. The van der Waals surface area contributed by atoms with Gasteiger partial charge in [-0.1, -0.05) is 6.92 Å². The molecule has 1 N–H and O–H groups in total. The Morgan fingerprint density at radius 1 is 1.39 bits per heavy atom. The van der Waals surface area contributed by atoms with E-state index in [-0.39, 0.29) is 0 Å². The highest BCUT2D eigenvalue weighted by atomic mass is 15.1. The minimum absolute atomic E-state index is 0.736. The van der Waals surface area contributed by atoms with E-state index in [9.17, 15) is 0 Å². The molecule has 0 spiro atoms. The quantitative estimate of drug-likeness (QED) is 0.873. The molecule has 0 saturated heterocycles. The first-order valence-electron chi connectivity index (χ1n) is 6.56. The summed E-state index contributed by atoms with van der Waals surface area (Å²) >= 11 is 0. The second kappa shape index (κ2) is 4.90. The molecule has 0 amide bonds. The molecule has 0 atom stereocenters. The van der Waals surface area contributed by atoms with Gasteiger partial charge >= 0.3 is 0 Å². The average molecular weight is 242 g/mol. The van der Waals surface area contributed by atoms with E-state index in [4.69, 9.17) is 0 Å². The molecule has 0 unspecified atom stereocenters. The van der Waals surface area contributed by atoms with Gasteiger partial charge in [-0.15, -0.1) is 0 Å². The molecule has 0 aliphatic heterocycles. The van der Waals surface area contributed by atoms with E-state index in [0.717, 1.165) is 30.5 Å². The fraction of sp³-hybridized carbons (Fsp3) is 0.429. The maximum atomic E-state index is 4.63. The highest BCUT2D eigenvalue weighted by molar-refractivity contribution is 5.31. The van der Waals surface area contributed by atoms with Gasteiger partial charge in [-0.3, -0.25) is 4.57 Å². The molecule has 1 aliphatic rings. The second-order valence-electron chi connectivity index (χ2n) is 4.80. The maximum absolute atomic E-state index is 4.63. The number of aromatic nitrogens is 3. The van der Waals surface area contributed by atoms with Gasteiger partial charge in [0.2, 0.25) is 0 Å². The Labute approximate surface area is 107 Å². The van der Waals surface area contributed by atoms with Gasteiger partial charge in [0.1, 0.15) is 12.1 Å². The molecule has 0 aromatic carbocycles. The third-order valence-corrected chi connectivity index (χ3v) is 3.23. The molecule has 2 aromatic rings. The van der Waals surface area contributed by atoms with Gasteiger partial charge in [-0.25, -0.2) is 9.97 Å². The molecule has 1 aliphatic carbocycles. The van der Waals surface area contributed by atoms with Crippen LogP contribution in [0.5, 0.6) is 0 Å². The van der Waals surface area contributed by atoms with Crippen LogP contribution in [0.3, 0.4) is 0 Å². The second-order valence-corrected chi connectivity index (χ2v) is 4.80. The van der Waals surface area contributed by atoms with Crippen molar-refractivity contribution in [2.75, 3.05) is 0 Å². The Hall–Kier alpha value is -1.68. The van der Waals surface area contributed by atoms with Crippen LogP contribution in [0, 0.1) is 0 Å². The summed E-state index contributed by atoms with van der Waals surface area (Å²) < 4.78 is 1.96. The fourth-order valence-corrected chi connectivity index (χ4v) is 1.99. The topological polar surface area (TPSA) is 42.7 Å². The number of aryl methyl sites for hydroxylation is 1. The van der Waals surface area contributed by atoms with Crippen molar-refractivity contribution < 1.29 is 0 Å². The summed E-state index contributed by atoms with van der Waals surface area (Å²) in [6.07, 6.45) is 9.10. The third-order valence-electron chi connectivity index (χ3n) is 3.23. The van der Waals surface area contributed by atoms with Crippen LogP contribution in [0.1, 0.15) is 31.0 Å². The van der Waals surface area contributed by atoms with Gasteiger partial charge in [-0.2, -0.15) is 0 Å². The monoisotopic (exact) mass is 242 g/mol. The zero-order valence-electron chi connectivity index (χ0n) is 10.6. The van der Waals surface area contributed by atoms with E-state index >= 15 is 0 Å². The molecule has 4 nitrogen and oxygen atoms in total. The number of hydrogen-bond acceptors (Lipinski definition) is 3. The van der Waals surface area contributed by atoms with Gasteiger partial charge in [0, 0.05) is 30.7 Å². The third kappa shape index (κ3) is 2.59. The fourth-order valence-electron chi connectivity index (χ4n) is 1.99. The molecule has 0 radical (unpaired) electrons. The lowest BCUT2D eigenvalue weighted by atomic mass is 10.2. The van der Waals surface area contributed by atoms with Crippen molar-refractivity contribution in [2.45, 2.75) is 38.8 Å². The van der Waals surface area contributed by atoms with E-state index in [1.165, 1.54) is 18.4 Å². The minimum atomic E-state index is 0.736. The average Bonchev–Trinajstić information content (AvgIpc) is 3.07. The van der Waals surface area contributed by atoms with Gasteiger partial charge in [0.15, 0.2) is 0 Å². The molecule has 2 heterocycles. The van der Waals surface area contributed by atoms with Crippen LogP contribution in [-0.4, -0.2) is 20.6 Å². The Balaban J connectivity index is 1.85. The first kappa shape index (κ1) is 11.4. The highest BCUT2D eigenvalue weighted by Crippen LogP contribution is 2.20. The van der Waals surface area contributed by atoms with Crippen LogP contribution in [0.15, 0.2) is 30.9 Å². The number of imidazole rings is 1. The number of nitrogens with zero attached hydrogens (tertiary/aromatic N) is 3. The van der Waals surface area contributed by atoms with Crippen molar-refractivity contribution in [1.29, 1.82) is 0 Å². The zero-order valence-corrected chi connectivity index (χ0v) is 10.6. The number of pyridine rings is 1. The van der Waals surface area contributed by atoms with Crippen molar-refractivity contribution in [3.8, 4) is 5.82 Å². The van der Waals surface area contributed by atoms with Gasteiger partial charge in [0.25, 0.3) is 0 Å². The molecule has 0 bridgehead atoms. The minimum Gasteiger partial charge on any atom is -0.310 e. The highest BCUT2D eigenvalue weighted by Gasteiger charge is 2.20. The lowest BCUT2D eigenvalue weighted by Crippen LogP contribution is -2.16. The largest absolute Gasteiger partial charge is 0.310 e. The van der Waals surface area contributed by atoms with Crippen molar-refractivity contribution in [2.24, 2.45) is 0 Å². The van der Waals surface area contributed by atoms with Gasteiger partial charge in [-0.05, 0) is 37.0 Å². The molecular weight excluding hydrogens is 224 g/mol. The molecule has 2 aromatic heterocycles.